The van der Waals surface area contributed by atoms with Gasteiger partial charge < -0.3 is 5.32 Å². The van der Waals surface area contributed by atoms with E-state index in [1.165, 1.54) is 23.1 Å². The fourth-order valence-corrected chi connectivity index (χ4v) is 4.92. The minimum atomic E-state index is -0.172. The van der Waals surface area contributed by atoms with Crippen LogP contribution in [0.15, 0.2) is 66.7 Å². The van der Waals surface area contributed by atoms with Crippen molar-refractivity contribution in [2.45, 2.75) is 18.1 Å². The zero-order valence-corrected chi connectivity index (χ0v) is 20.4. The van der Waals surface area contributed by atoms with Gasteiger partial charge in [0.05, 0.1) is 15.8 Å². The summed E-state index contributed by atoms with van der Waals surface area (Å²) in [7, 11) is 0. The van der Waals surface area contributed by atoms with Crippen LogP contribution in [0.4, 0.5) is 5.13 Å². The number of amides is 1. The van der Waals surface area contributed by atoms with Gasteiger partial charge in [0.15, 0.2) is 16.1 Å². The van der Waals surface area contributed by atoms with Crippen LogP contribution in [0.2, 0.25) is 10.0 Å². The van der Waals surface area contributed by atoms with E-state index in [4.69, 9.17) is 23.2 Å². The average Bonchev–Trinajstić information content (AvgIpc) is 3.42. The molecule has 4 aromatic rings. The summed E-state index contributed by atoms with van der Waals surface area (Å²) in [5.41, 5.74) is 1.92. The monoisotopic (exact) mass is 516 g/mol. The molecule has 0 fully saturated rings. The smallest absolute Gasteiger partial charge is 0.236 e. The van der Waals surface area contributed by atoms with Crippen molar-refractivity contribution in [3.8, 4) is 11.4 Å². The van der Waals surface area contributed by atoms with Gasteiger partial charge in [-0.15, -0.1) is 28.1 Å². The summed E-state index contributed by atoms with van der Waals surface area (Å²) in [6.07, 6.45) is 7.57. The normalized spacial score (nSPS) is 10.8. The first-order chi connectivity index (χ1) is 16.0. The number of hydrogen-bond acceptors (Lipinski definition) is 7. The Bertz CT molecular complexity index is 1280. The first-order valence-corrected chi connectivity index (χ1v) is 12.3. The van der Waals surface area contributed by atoms with Crippen LogP contribution >= 0.6 is 46.3 Å². The number of benzene rings is 1. The molecule has 0 saturated heterocycles. The summed E-state index contributed by atoms with van der Waals surface area (Å²) in [5, 5.41) is 13.6. The van der Waals surface area contributed by atoms with Crippen molar-refractivity contribution >= 4 is 57.3 Å². The molecule has 1 N–H and O–H groups in total. The molecule has 3 aromatic heterocycles. The highest BCUT2D eigenvalue weighted by molar-refractivity contribution is 7.99. The van der Waals surface area contributed by atoms with Crippen molar-refractivity contribution in [1.29, 1.82) is 0 Å². The van der Waals surface area contributed by atoms with E-state index in [0.29, 0.717) is 39.1 Å². The lowest BCUT2D eigenvalue weighted by Crippen LogP contribution is -2.14. The number of aromatic nitrogens is 5. The number of nitrogens with one attached hydrogen (secondary N) is 1. The van der Waals surface area contributed by atoms with Crippen molar-refractivity contribution < 1.29 is 4.79 Å². The lowest BCUT2D eigenvalue weighted by molar-refractivity contribution is -0.113. The number of thiazole rings is 1. The van der Waals surface area contributed by atoms with E-state index in [1.807, 2.05) is 28.8 Å². The Kier molecular flexibility index (Phi) is 7.77. The Morgan fingerprint density at radius 2 is 2.00 bits per heavy atom. The number of allylic oxidation sites excluding steroid dienone is 1. The zero-order valence-electron chi connectivity index (χ0n) is 17.2. The number of nitrogens with zero attached hydrogens (tertiary/aromatic N) is 5. The van der Waals surface area contributed by atoms with Crippen LogP contribution in [-0.2, 0) is 17.8 Å². The second-order valence-corrected chi connectivity index (χ2v) is 9.71. The molecule has 0 unspecified atom stereocenters. The van der Waals surface area contributed by atoms with E-state index in [1.54, 1.807) is 30.7 Å². The standard InChI is InChI=1S/C22H18Cl2N6OS2/c1-2-9-30-20(15-5-7-25-8-6-15)28-29-22(30)32-13-19(31)27-21-26-12-16(33-21)10-14-3-4-17(23)18(24)11-14/h2-8,11-12H,1,9-10,13H2,(H,26,27,31). The van der Waals surface area contributed by atoms with Gasteiger partial charge in [-0.05, 0) is 29.8 Å². The fourth-order valence-electron chi connectivity index (χ4n) is 2.99. The van der Waals surface area contributed by atoms with Crippen molar-refractivity contribution in [2.24, 2.45) is 0 Å². The van der Waals surface area contributed by atoms with E-state index in [0.717, 1.165) is 16.0 Å². The number of anilines is 1. The number of pyridine rings is 1. The SMILES string of the molecule is C=CCn1c(SCC(=O)Nc2ncc(Cc3ccc(Cl)c(Cl)c3)s2)nnc1-c1ccncc1. The maximum atomic E-state index is 12.5. The zero-order chi connectivity index (χ0) is 23.2. The van der Waals surface area contributed by atoms with Gasteiger partial charge >= 0.3 is 0 Å². The lowest BCUT2D eigenvalue weighted by atomic mass is 10.1. The Labute approximate surface area is 208 Å². The van der Waals surface area contributed by atoms with Gasteiger partial charge in [-0.1, -0.05) is 47.1 Å². The highest BCUT2D eigenvalue weighted by Crippen LogP contribution is 2.27. The van der Waals surface area contributed by atoms with Crippen LogP contribution in [0.1, 0.15) is 10.4 Å². The minimum absolute atomic E-state index is 0.172. The highest BCUT2D eigenvalue weighted by Gasteiger charge is 2.15. The summed E-state index contributed by atoms with van der Waals surface area (Å²) in [6, 6.07) is 9.25. The summed E-state index contributed by atoms with van der Waals surface area (Å²) in [5.74, 6) is 0.703. The minimum Gasteiger partial charge on any atom is -0.301 e. The predicted octanol–water partition coefficient (Wildman–Crippen LogP) is 5.61. The Balaban J connectivity index is 1.37. The molecular weight excluding hydrogens is 499 g/mol. The van der Waals surface area contributed by atoms with Gasteiger partial charge in [-0.2, -0.15) is 0 Å². The molecule has 33 heavy (non-hydrogen) atoms. The molecule has 0 saturated carbocycles. The van der Waals surface area contributed by atoms with Crippen LogP contribution in [0, 0.1) is 0 Å². The number of thioether (sulfide) groups is 1. The van der Waals surface area contributed by atoms with Crippen LogP contribution in [0.3, 0.4) is 0 Å². The van der Waals surface area contributed by atoms with Crippen molar-refractivity contribution in [3.63, 3.8) is 0 Å². The molecule has 0 spiro atoms. The number of hydrogen-bond donors (Lipinski definition) is 1. The Morgan fingerprint density at radius 3 is 2.76 bits per heavy atom. The number of carbonyl (C=O) groups is 1. The van der Waals surface area contributed by atoms with Crippen molar-refractivity contribution in [1.82, 2.24) is 24.7 Å². The second kappa shape index (κ2) is 10.9. The van der Waals surface area contributed by atoms with Crippen LogP contribution < -0.4 is 5.32 Å². The molecule has 11 heteroatoms. The van der Waals surface area contributed by atoms with Gasteiger partial charge in [-0.3, -0.25) is 14.3 Å². The first-order valence-electron chi connectivity index (χ1n) is 9.79. The van der Waals surface area contributed by atoms with E-state index in [2.05, 4.69) is 32.1 Å². The maximum Gasteiger partial charge on any atom is 0.236 e. The molecular formula is C22H18Cl2N6OS2. The number of halogens is 2. The molecule has 7 nitrogen and oxygen atoms in total. The van der Waals surface area contributed by atoms with Gasteiger partial charge in [0, 0.05) is 42.0 Å². The third kappa shape index (κ3) is 6.00. The molecule has 0 aliphatic carbocycles. The van der Waals surface area contributed by atoms with Crippen molar-refractivity contribution in [2.75, 3.05) is 11.1 Å². The van der Waals surface area contributed by atoms with Gasteiger partial charge in [-0.25, -0.2) is 4.98 Å². The van der Waals surface area contributed by atoms with Gasteiger partial charge in [0.2, 0.25) is 5.91 Å². The molecule has 1 aromatic carbocycles. The molecule has 0 aliphatic heterocycles. The summed E-state index contributed by atoms with van der Waals surface area (Å²) in [6.45, 7) is 4.33. The summed E-state index contributed by atoms with van der Waals surface area (Å²) >= 11 is 14.8. The molecule has 4 rings (SSSR count). The molecule has 0 radical (unpaired) electrons. The average molecular weight is 517 g/mol. The third-order valence-corrected chi connectivity index (χ3v) is 7.08. The number of rotatable bonds is 9. The third-order valence-electron chi connectivity index (χ3n) is 4.46. The van der Waals surface area contributed by atoms with E-state index < -0.39 is 0 Å². The Morgan fingerprint density at radius 1 is 1.18 bits per heavy atom. The molecule has 168 valence electrons. The van der Waals surface area contributed by atoms with E-state index >= 15 is 0 Å². The second-order valence-electron chi connectivity index (χ2n) is 6.84. The number of carbonyl (C=O) groups excluding carboxylic acids is 1. The fraction of sp³-hybridized carbons (Fsp3) is 0.136. The van der Waals surface area contributed by atoms with E-state index in [9.17, 15) is 4.79 Å². The maximum absolute atomic E-state index is 12.5. The summed E-state index contributed by atoms with van der Waals surface area (Å²) in [4.78, 5) is 21.8. The van der Waals surface area contributed by atoms with Crippen molar-refractivity contribution in [3.05, 3.63) is 82.1 Å². The molecule has 0 atom stereocenters. The predicted molar refractivity (Wildman–Crippen MR) is 134 cm³/mol. The van der Waals surface area contributed by atoms with Crippen LogP contribution in [0.25, 0.3) is 11.4 Å². The largest absolute Gasteiger partial charge is 0.301 e. The Hall–Kier alpha value is -2.72. The molecule has 3 heterocycles. The topological polar surface area (TPSA) is 85.6 Å². The van der Waals surface area contributed by atoms with E-state index in [-0.39, 0.29) is 11.7 Å². The van der Waals surface area contributed by atoms with Gasteiger partial charge in [0.25, 0.3) is 0 Å². The first kappa shape index (κ1) is 23.4. The quantitative estimate of drug-likeness (QED) is 0.230. The highest BCUT2D eigenvalue weighted by atomic mass is 35.5. The summed E-state index contributed by atoms with van der Waals surface area (Å²) < 4.78 is 1.92. The van der Waals surface area contributed by atoms with Crippen LogP contribution in [0.5, 0.6) is 0 Å². The molecule has 0 bridgehead atoms. The van der Waals surface area contributed by atoms with Crippen LogP contribution in [-0.4, -0.2) is 36.4 Å². The molecule has 1 amide bonds. The van der Waals surface area contributed by atoms with Gasteiger partial charge in [0.1, 0.15) is 0 Å². The molecule has 0 aliphatic rings. The lowest BCUT2D eigenvalue weighted by Gasteiger charge is -2.07.